The predicted molar refractivity (Wildman–Crippen MR) is 27.7 cm³/mol. The Morgan fingerprint density at radius 2 is 2.14 bits per heavy atom. The molecule has 1 aliphatic heterocycles. The first-order chi connectivity index (χ1) is 3.00. The summed E-state index contributed by atoms with van der Waals surface area (Å²) in [5, 5.41) is 0. The Balaban J connectivity index is 0.000000360. The SMILES string of the molecule is C1CC[Si]OC1.[OH-]. The summed E-state index contributed by atoms with van der Waals surface area (Å²) < 4.78 is 5.10. The van der Waals surface area contributed by atoms with Crippen LogP contribution in [-0.4, -0.2) is 21.8 Å². The highest BCUT2D eigenvalue weighted by atomic mass is 28.2. The quantitative estimate of drug-likeness (QED) is 0.437. The second kappa shape index (κ2) is 4.30. The van der Waals surface area contributed by atoms with Crippen LogP contribution in [0, 0.1) is 0 Å². The molecule has 0 bridgehead atoms. The van der Waals surface area contributed by atoms with E-state index in [9.17, 15) is 0 Å². The maximum absolute atomic E-state index is 5.10. The van der Waals surface area contributed by atoms with Crippen LogP contribution < -0.4 is 0 Å². The van der Waals surface area contributed by atoms with E-state index < -0.39 is 0 Å². The van der Waals surface area contributed by atoms with Crippen molar-refractivity contribution in [2.75, 3.05) is 6.61 Å². The summed E-state index contributed by atoms with van der Waals surface area (Å²) in [4.78, 5) is 0. The van der Waals surface area contributed by atoms with E-state index in [1.165, 1.54) is 18.9 Å². The van der Waals surface area contributed by atoms with E-state index in [0.29, 0.717) is 0 Å². The zero-order chi connectivity index (χ0) is 4.24. The summed E-state index contributed by atoms with van der Waals surface area (Å²) in [5.41, 5.74) is 0. The van der Waals surface area contributed by atoms with Gasteiger partial charge in [-0.2, -0.15) is 0 Å². The molecule has 2 radical (unpaired) electrons. The van der Waals surface area contributed by atoms with Crippen LogP contribution in [0.2, 0.25) is 6.04 Å². The van der Waals surface area contributed by atoms with Gasteiger partial charge in [0.15, 0.2) is 0 Å². The summed E-state index contributed by atoms with van der Waals surface area (Å²) >= 11 is 0. The molecule has 7 heavy (non-hydrogen) atoms. The van der Waals surface area contributed by atoms with Crippen molar-refractivity contribution in [3.05, 3.63) is 0 Å². The molecule has 1 saturated heterocycles. The lowest BCUT2D eigenvalue weighted by Crippen LogP contribution is -2.06. The van der Waals surface area contributed by atoms with Crippen molar-refractivity contribution in [1.29, 1.82) is 0 Å². The van der Waals surface area contributed by atoms with E-state index in [1.54, 1.807) is 0 Å². The van der Waals surface area contributed by atoms with Gasteiger partial charge in [-0.1, -0.05) is 6.42 Å². The average Bonchev–Trinajstić information content (AvgIpc) is 1.72. The van der Waals surface area contributed by atoms with Crippen molar-refractivity contribution in [3.63, 3.8) is 0 Å². The van der Waals surface area contributed by atoms with Crippen LogP contribution >= 0.6 is 0 Å². The minimum Gasteiger partial charge on any atom is -0.870 e. The molecule has 0 spiro atoms. The molecule has 1 fully saturated rings. The lowest BCUT2D eigenvalue weighted by molar-refractivity contribution is 0.304. The highest BCUT2D eigenvalue weighted by Crippen LogP contribution is 2.01. The molecular formula is C4H9O2Si-. The van der Waals surface area contributed by atoms with Crippen molar-refractivity contribution in [2.24, 2.45) is 0 Å². The second-order valence-corrected chi connectivity index (χ2v) is 2.53. The number of hydrogen-bond donors (Lipinski definition) is 0. The lowest BCUT2D eigenvalue weighted by Gasteiger charge is -2.06. The van der Waals surface area contributed by atoms with E-state index >= 15 is 0 Å². The molecule has 1 rings (SSSR count). The van der Waals surface area contributed by atoms with Gasteiger partial charge in [-0.15, -0.1) is 0 Å². The van der Waals surface area contributed by atoms with Crippen LogP contribution in [0.1, 0.15) is 12.8 Å². The third kappa shape index (κ3) is 2.79. The van der Waals surface area contributed by atoms with Crippen molar-refractivity contribution in [1.82, 2.24) is 0 Å². The highest BCUT2D eigenvalue weighted by Gasteiger charge is 1.97. The smallest absolute Gasteiger partial charge is 0.229 e. The molecule has 0 amide bonds. The van der Waals surface area contributed by atoms with Gasteiger partial charge in [0.1, 0.15) is 0 Å². The fourth-order valence-corrected chi connectivity index (χ4v) is 1.34. The molecule has 1 aliphatic rings. The summed E-state index contributed by atoms with van der Waals surface area (Å²) in [5.74, 6) is 0. The first kappa shape index (κ1) is 7.14. The molecule has 1 N–H and O–H groups in total. The Morgan fingerprint density at radius 1 is 1.29 bits per heavy atom. The van der Waals surface area contributed by atoms with Gasteiger partial charge in [0.25, 0.3) is 0 Å². The molecule has 0 aromatic carbocycles. The van der Waals surface area contributed by atoms with Gasteiger partial charge in [0.2, 0.25) is 9.76 Å². The lowest BCUT2D eigenvalue weighted by atomic mass is 10.4. The second-order valence-electron chi connectivity index (χ2n) is 1.45. The fourth-order valence-electron chi connectivity index (χ4n) is 0.516. The average molecular weight is 117 g/mol. The largest absolute Gasteiger partial charge is 0.870 e. The standard InChI is InChI=1S/C4H8OSi.H2O/c1-2-4-6-5-3-1;/h1-4H2;1H2/p-1. The topological polar surface area (TPSA) is 39.2 Å². The predicted octanol–water partition coefficient (Wildman–Crippen LogP) is 0.657. The first-order valence-corrected chi connectivity index (χ1v) is 3.46. The molecule has 0 unspecified atom stereocenters. The van der Waals surface area contributed by atoms with Gasteiger partial charge in [0.05, 0.1) is 0 Å². The Kier molecular flexibility index (Phi) is 4.38. The van der Waals surface area contributed by atoms with Crippen LogP contribution in [0.15, 0.2) is 0 Å². The molecule has 1 heterocycles. The summed E-state index contributed by atoms with van der Waals surface area (Å²) in [7, 11) is 0.802. The molecule has 0 aliphatic carbocycles. The van der Waals surface area contributed by atoms with Crippen LogP contribution in [0.25, 0.3) is 0 Å². The summed E-state index contributed by atoms with van der Waals surface area (Å²) in [6, 6.07) is 1.31. The first-order valence-electron chi connectivity index (χ1n) is 2.35. The molecule has 3 heteroatoms. The van der Waals surface area contributed by atoms with Crippen LogP contribution in [0.5, 0.6) is 0 Å². The zero-order valence-corrected chi connectivity index (χ0v) is 5.18. The van der Waals surface area contributed by atoms with Crippen LogP contribution in [0.3, 0.4) is 0 Å². The Morgan fingerprint density at radius 3 is 2.29 bits per heavy atom. The van der Waals surface area contributed by atoms with Crippen molar-refractivity contribution >= 4 is 9.76 Å². The van der Waals surface area contributed by atoms with Gasteiger partial charge in [-0.05, 0) is 12.5 Å². The monoisotopic (exact) mass is 117 g/mol. The Hall–Kier alpha value is 0.137. The third-order valence-electron chi connectivity index (χ3n) is 0.877. The molecule has 0 aromatic rings. The number of rotatable bonds is 0. The molecule has 42 valence electrons. The van der Waals surface area contributed by atoms with Crippen molar-refractivity contribution < 1.29 is 9.90 Å². The van der Waals surface area contributed by atoms with Gasteiger partial charge >= 0.3 is 0 Å². The summed E-state index contributed by atoms with van der Waals surface area (Å²) in [6.07, 6.45) is 2.67. The third-order valence-corrected chi connectivity index (χ3v) is 1.84. The van der Waals surface area contributed by atoms with Gasteiger partial charge in [-0.25, -0.2) is 0 Å². The minimum atomic E-state index is 0. The zero-order valence-electron chi connectivity index (χ0n) is 4.18. The minimum absolute atomic E-state index is 0. The summed E-state index contributed by atoms with van der Waals surface area (Å²) in [6.45, 7) is 1.01. The molecule has 0 atom stereocenters. The normalized spacial score (nSPS) is 20.6. The molecular weight excluding hydrogens is 108 g/mol. The molecule has 2 nitrogen and oxygen atoms in total. The van der Waals surface area contributed by atoms with E-state index in [0.717, 1.165) is 16.4 Å². The maximum Gasteiger partial charge on any atom is 0.229 e. The van der Waals surface area contributed by atoms with Gasteiger partial charge in [-0.3, -0.25) is 0 Å². The van der Waals surface area contributed by atoms with E-state index in [1.807, 2.05) is 0 Å². The van der Waals surface area contributed by atoms with Crippen molar-refractivity contribution in [3.8, 4) is 0 Å². The van der Waals surface area contributed by atoms with Crippen molar-refractivity contribution in [2.45, 2.75) is 18.9 Å². The number of hydrogen-bond acceptors (Lipinski definition) is 2. The van der Waals surface area contributed by atoms with Crippen LogP contribution in [0.4, 0.5) is 0 Å². The highest BCUT2D eigenvalue weighted by molar-refractivity contribution is 6.27. The fraction of sp³-hybridized carbons (Fsp3) is 1.00. The van der Waals surface area contributed by atoms with E-state index in [2.05, 4.69) is 0 Å². The van der Waals surface area contributed by atoms with E-state index in [-0.39, 0.29) is 5.48 Å². The molecule has 0 aromatic heterocycles. The van der Waals surface area contributed by atoms with Gasteiger partial charge < -0.3 is 9.90 Å². The Labute approximate surface area is 46.1 Å². The van der Waals surface area contributed by atoms with E-state index in [4.69, 9.17) is 4.43 Å². The Bertz CT molecular complexity index is 25.2. The maximum atomic E-state index is 5.10. The molecule has 0 saturated carbocycles. The van der Waals surface area contributed by atoms with Gasteiger partial charge in [0, 0.05) is 6.61 Å². The van der Waals surface area contributed by atoms with Crippen LogP contribution in [-0.2, 0) is 4.43 Å².